The number of fused-ring (bicyclic) bond motifs is 1. The van der Waals surface area contributed by atoms with Crippen LogP contribution in [0.25, 0.3) is 10.9 Å². The lowest BCUT2D eigenvalue weighted by Gasteiger charge is -2.45. The minimum atomic E-state index is -0.929. The first-order valence-electron chi connectivity index (χ1n) is 9.77. The lowest BCUT2D eigenvalue weighted by atomic mass is 9.77. The number of aromatic amines is 1. The van der Waals surface area contributed by atoms with Gasteiger partial charge in [0.1, 0.15) is 5.69 Å². The number of piperidine rings is 1. The molecule has 3 heterocycles. The summed E-state index contributed by atoms with van der Waals surface area (Å²) >= 11 is 0. The van der Waals surface area contributed by atoms with E-state index in [0.717, 1.165) is 22.9 Å². The number of nitrogens with zero attached hydrogens (tertiary/aromatic N) is 2. The molecule has 2 N–H and O–H groups in total. The number of carboxylic acids is 1. The molecule has 1 atom stereocenters. The molecule has 7 nitrogen and oxygen atoms in total. The van der Waals surface area contributed by atoms with Crippen molar-refractivity contribution in [3.8, 4) is 0 Å². The maximum Gasteiger partial charge on any atom is 0.309 e. The van der Waals surface area contributed by atoms with Crippen LogP contribution in [0.5, 0.6) is 0 Å². The number of carboxylic acid groups (broad SMARTS) is 1. The number of hydrogen-bond donors (Lipinski definition) is 2. The van der Waals surface area contributed by atoms with E-state index in [2.05, 4.69) is 4.98 Å². The monoisotopic (exact) mass is 383 g/mol. The molecule has 0 radical (unpaired) electrons. The number of benzene rings is 1. The summed E-state index contributed by atoms with van der Waals surface area (Å²) in [6, 6.07) is 7.89. The van der Waals surface area contributed by atoms with Crippen LogP contribution in [0.3, 0.4) is 0 Å². The van der Waals surface area contributed by atoms with Gasteiger partial charge in [0.05, 0.1) is 11.5 Å². The van der Waals surface area contributed by atoms with Crippen LogP contribution in [0.15, 0.2) is 24.3 Å². The van der Waals surface area contributed by atoms with Crippen molar-refractivity contribution in [3.63, 3.8) is 0 Å². The Morgan fingerprint density at radius 2 is 1.93 bits per heavy atom. The molecule has 0 aliphatic carbocycles. The van der Waals surface area contributed by atoms with Crippen molar-refractivity contribution < 1.29 is 19.5 Å². The van der Waals surface area contributed by atoms with Gasteiger partial charge in [-0.3, -0.25) is 14.4 Å². The van der Waals surface area contributed by atoms with Gasteiger partial charge in [-0.05, 0) is 30.9 Å². The molecular weight excluding hydrogens is 358 g/mol. The number of aryl methyl sites for hydroxylation is 1. The Bertz CT molecular complexity index is 956. The molecule has 4 rings (SSSR count). The zero-order valence-corrected chi connectivity index (χ0v) is 16.2. The second kappa shape index (κ2) is 6.65. The number of H-pyrrole nitrogens is 1. The summed E-state index contributed by atoms with van der Waals surface area (Å²) < 4.78 is 0. The number of aliphatic carboxylic acids is 1. The van der Waals surface area contributed by atoms with Gasteiger partial charge >= 0.3 is 5.97 Å². The zero-order valence-electron chi connectivity index (χ0n) is 16.2. The van der Waals surface area contributed by atoms with Crippen LogP contribution in [0.1, 0.15) is 42.2 Å². The third-order valence-electron chi connectivity index (χ3n) is 6.67. The van der Waals surface area contributed by atoms with E-state index in [1.807, 2.05) is 31.2 Å². The van der Waals surface area contributed by atoms with E-state index < -0.39 is 17.4 Å². The number of carbonyl (C=O) groups excluding carboxylic acids is 2. The first kappa shape index (κ1) is 18.5. The molecule has 148 valence electrons. The Labute approximate surface area is 163 Å². The van der Waals surface area contributed by atoms with E-state index >= 15 is 0 Å². The summed E-state index contributed by atoms with van der Waals surface area (Å²) in [4.78, 5) is 43.7. The van der Waals surface area contributed by atoms with Gasteiger partial charge in [-0.1, -0.05) is 25.1 Å². The van der Waals surface area contributed by atoms with E-state index in [1.165, 1.54) is 0 Å². The minimum absolute atomic E-state index is 0.0434. The highest BCUT2D eigenvalue weighted by atomic mass is 16.4. The summed E-state index contributed by atoms with van der Waals surface area (Å²) in [6.07, 6.45) is 1.77. The number of aromatic nitrogens is 1. The Kier molecular flexibility index (Phi) is 4.40. The fourth-order valence-electron chi connectivity index (χ4n) is 4.99. The molecule has 2 fully saturated rings. The second-order valence-corrected chi connectivity index (χ2v) is 7.82. The molecule has 28 heavy (non-hydrogen) atoms. The number of para-hydroxylation sites is 1. The van der Waals surface area contributed by atoms with Crippen LogP contribution in [-0.4, -0.2) is 63.4 Å². The average Bonchev–Trinajstić information content (AvgIpc) is 3.19. The molecule has 2 aliphatic rings. The lowest BCUT2D eigenvalue weighted by Crippen LogP contribution is -2.57. The molecule has 1 aromatic heterocycles. The molecule has 2 aliphatic heterocycles. The smallest absolute Gasteiger partial charge is 0.309 e. The molecule has 1 unspecified atom stereocenters. The third-order valence-corrected chi connectivity index (χ3v) is 6.67. The van der Waals surface area contributed by atoms with Crippen molar-refractivity contribution >= 4 is 28.7 Å². The van der Waals surface area contributed by atoms with Gasteiger partial charge in [-0.25, -0.2) is 0 Å². The highest BCUT2D eigenvalue weighted by Crippen LogP contribution is 2.43. The second-order valence-electron chi connectivity index (χ2n) is 7.82. The first-order chi connectivity index (χ1) is 13.4. The third kappa shape index (κ3) is 2.60. The van der Waals surface area contributed by atoms with Crippen molar-refractivity contribution in [1.82, 2.24) is 14.8 Å². The fourth-order valence-corrected chi connectivity index (χ4v) is 4.99. The van der Waals surface area contributed by atoms with Gasteiger partial charge in [0.25, 0.3) is 5.91 Å². The topological polar surface area (TPSA) is 93.7 Å². The molecule has 1 aromatic carbocycles. The molecule has 1 spiro atoms. The van der Waals surface area contributed by atoms with Crippen molar-refractivity contribution in [2.45, 2.75) is 38.1 Å². The molecular formula is C21H25N3O4. The maximum atomic E-state index is 13.2. The van der Waals surface area contributed by atoms with Crippen LogP contribution in [0.4, 0.5) is 0 Å². The Morgan fingerprint density at radius 3 is 2.57 bits per heavy atom. The van der Waals surface area contributed by atoms with Crippen molar-refractivity contribution in [2.75, 3.05) is 20.1 Å². The number of nitrogens with one attached hydrogen (secondary N) is 1. The summed E-state index contributed by atoms with van der Waals surface area (Å²) in [5, 5.41) is 10.7. The molecule has 2 aromatic rings. The van der Waals surface area contributed by atoms with E-state index in [-0.39, 0.29) is 18.2 Å². The van der Waals surface area contributed by atoms with Gasteiger partial charge in [0, 0.05) is 37.5 Å². The van der Waals surface area contributed by atoms with Gasteiger partial charge < -0.3 is 19.9 Å². The van der Waals surface area contributed by atoms with E-state index in [4.69, 9.17) is 0 Å². The first-order valence-corrected chi connectivity index (χ1v) is 9.77. The van der Waals surface area contributed by atoms with Crippen molar-refractivity contribution in [1.29, 1.82) is 0 Å². The summed E-state index contributed by atoms with van der Waals surface area (Å²) in [5.74, 6) is -1.82. The van der Waals surface area contributed by atoms with Crippen LogP contribution in [0.2, 0.25) is 0 Å². The lowest BCUT2D eigenvalue weighted by molar-refractivity contribution is -0.145. The van der Waals surface area contributed by atoms with Gasteiger partial charge in [-0.2, -0.15) is 0 Å². The largest absolute Gasteiger partial charge is 0.481 e. The quantitative estimate of drug-likeness (QED) is 0.850. The number of amides is 2. The number of carbonyl (C=O) groups is 3. The molecule has 2 amide bonds. The zero-order chi connectivity index (χ0) is 20.1. The van der Waals surface area contributed by atoms with Crippen LogP contribution < -0.4 is 0 Å². The van der Waals surface area contributed by atoms with E-state index in [1.54, 1.807) is 16.8 Å². The normalized spacial score (nSPS) is 21.6. The van der Waals surface area contributed by atoms with Crippen LogP contribution >= 0.6 is 0 Å². The van der Waals surface area contributed by atoms with Crippen molar-refractivity contribution in [3.05, 3.63) is 35.5 Å². The highest BCUT2D eigenvalue weighted by Gasteiger charge is 2.55. The minimum Gasteiger partial charge on any atom is -0.481 e. The SMILES string of the molecule is CCc1c(C(=O)N2CCC3(CC2)C(C(=O)O)CC(=O)N3C)[nH]c2ccccc12. The number of rotatable bonds is 3. The predicted octanol–water partition coefficient (Wildman–Crippen LogP) is 2.27. The summed E-state index contributed by atoms with van der Waals surface area (Å²) in [7, 11) is 1.69. The van der Waals surface area contributed by atoms with Gasteiger partial charge in [0.2, 0.25) is 5.91 Å². The summed E-state index contributed by atoms with van der Waals surface area (Å²) in [6.45, 7) is 2.92. The van der Waals surface area contributed by atoms with Crippen molar-refractivity contribution in [2.24, 2.45) is 5.92 Å². The molecule has 0 bridgehead atoms. The van der Waals surface area contributed by atoms with Crippen LogP contribution in [-0.2, 0) is 16.0 Å². The molecule has 2 saturated heterocycles. The maximum absolute atomic E-state index is 13.2. The Hall–Kier alpha value is -2.83. The molecule has 7 heteroatoms. The number of hydrogen-bond acceptors (Lipinski definition) is 3. The van der Waals surface area contributed by atoms with Gasteiger partial charge in [-0.15, -0.1) is 0 Å². The van der Waals surface area contributed by atoms with E-state index in [0.29, 0.717) is 31.6 Å². The van der Waals surface area contributed by atoms with Crippen LogP contribution in [0, 0.1) is 5.92 Å². The average molecular weight is 383 g/mol. The summed E-state index contributed by atoms with van der Waals surface area (Å²) in [5.41, 5.74) is 1.89. The Balaban J connectivity index is 1.58. The standard InChI is InChI=1S/C21H25N3O4/c1-3-13-14-6-4-5-7-16(14)22-18(13)19(26)24-10-8-21(9-11-24)15(20(27)28)12-17(25)23(21)2/h4-7,15,22H,3,8-12H2,1-2H3,(H,27,28). The van der Waals surface area contributed by atoms with E-state index in [9.17, 15) is 19.5 Å². The van der Waals surface area contributed by atoms with Gasteiger partial charge in [0.15, 0.2) is 0 Å². The highest BCUT2D eigenvalue weighted by molar-refractivity contribution is 6.01. The Morgan fingerprint density at radius 1 is 1.25 bits per heavy atom. The number of likely N-dealkylation sites (tertiary alicyclic amines) is 2. The fraction of sp³-hybridized carbons (Fsp3) is 0.476. The predicted molar refractivity (Wildman–Crippen MR) is 104 cm³/mol. The molecule has 0 saturated carbocycles.